The van der Waals surface area contributed by atoms with Gasteiger partial charge in [-0.3, -0.25) is 9.59 Å². The van der Waals surface area contributed by atoms with Crippen molar-refractivity contribution in [2.24, 2.45) is 0 Å². The molecule has 1 aliphatic rings. The average molecular weight is 1170 g/mol. The third-order valence-electron chi connectivity index (χ3n) is 16.1. The number of unbranched alkanes of at least 4 members (excludes halogenated alkanes) is 35. The molecule has 1 amide bonds. The summed E-state index contributed by atoms with van der Waals surface area (Å²) in [5.41, 5.74) is 0. The molecule has 0 aliphatic carbocycles. The quantitative estimate of drug-likeness (QED) is 0.0195. The molecule has 0 aromatic heterocycles. The van der Waals surface area contributed by atoms with Crippen molar-refractivity contribution >= 4 is 11.9 Å². The number of hydrogen-bond donors (Lipinski definition) is 6. The first-order chi connectivity index (χ1) is 40.7. The Hall–Kier alpha value is -2.90. The van der Waals surface area contributed by atoms with E-state index in [0.29, 0.717) is 19.3 Å². The van der Waals surface area contributed by atoms with E-state index >= 15 is 0 Å². The molecule has 482 valence electrons. The van der Waals surface area contributed by atoms with Gasteiger partial charge in [-0.05, 0) is 70.6 Å². The fraction of sp³-hybridized carbons (Fsp3) is 0.806. The summed E-state index contributed by atoms with van der Waals surface area (Å²) in [5.74, 6) is -1.19. The second-order valence-corrected chi connectivity index (χ2v) is 23.9. The minimum Gasteiger partial charge on any atom is -0.454 e. The molecule has 0 spiro atoms. The van der Waals surface area contributed by atoms with Gasteiger partial charge in [0.1, 0.15) is 24.4 Å². The summed E-state index contributed by atoms with van der Waals surface area (Å²) < 4.78 is 17.7. The highest BCUT2D eigenvalue weighted by Gasteiger charge is 2.47. The lowest BCUT2D eigenvalue weighted by Gasteiger charge is -2.41. The summed E-state index contributed by atoms with van der Waals surface area (Å²) in [7, 11) is 0. The Bertz CT molecular complexity index is 1630. The first-order valence-corrected chi connectivity index (χ1v) is 34.7. The standard InChI is InChI=1S/C72H129NO10/c1-4-7-10-13-16-19-22-25-27-28-29-30-31-32-33-34-35-36-37-38-39-42-45-48-51-54-57-60-67(77)83-70-69(79)68(78)66(61-74)82-72(70)81-62-63(64(75)58-55-52-49-46-43-40-24-21-18-15-12-9-6-3)73-71(80)65(76)59-56-53-50-47-44-41-26-23-20-17-14-11-8-5-2/h7,10,16,19,25,27,29-30,32-33,55,58,63-66,68-70,72,74-76,78-79H,4-6,8-9,11-15,17-18,20-24,26,28,31,34-54,56-57,59-62H2,1-3H3,(H,73,80)/b10-7-,19-16-,27-25-,30-29-,33-32-,58-55+. The van der Waals surface area contributed by atoms with Crippen molar-refractivity contribution in [3.63, 3.8) is 0 Å². The molecule has 1 saturated heterocycles. The van der Waals surface area contributed by atoms with Crippen molar-refractivity contribution in [3.05, 3.63) is 72.9 Å². The molecule has 83 heavy (non-hydrogen) atoms. The van der Waals surface area contributed by atoms with Crippen LogP contribution in [0.25, 0.3) is 0 Å². The third-order valence-corrected chi connectivity index (χ3v) is 16.1. The van der Waals surface area contributed by atoms with E-state index in [-0.39, 0.29) is 13.0 Å². The average Bonchev–Trinajstić information content (AvgIpc) is 3.61. The Balaban J connectivity index is 2.56. The number of allylic oxidation sites excluding steroid dienone is 11. The highest BCUT2D eigenvalue weighted by molar-refractivity contribution is 5.80. The van der Waals surface area contributed by atoms with Crippen molar-refractivity contribution in [2.75, 3.05) is 13.2 Å². The molecule has 11 nitrogen and oxygen atoms in total. The molecule has 0 radical (unpaired) electrons. The van der Waals surface area contributed by atoms with E-state index in [1.165, 1.54) is 167 Å². The van der Waals surface area contributed by atoms with Crippen LogP contribution in [0.3, 0.4) is 0 Å². The number of carbonyl (C=O) groups is 2. The Labute approximate surface area is 509 Å². The van der Waals surface area contributed by atoms with Crippen LogP contribution in [0.15, 0.2) is 72.9 Å². The molecule has 1 rings (SSSR count). The highest BCUT2D eigenvalue weighted by Crippen LogP contribution is 2.26. The SMILES string of the molecule is CC/C=C\C/C=C\C/C=C\C/C=C\C/C=C\CCCCCCCCCCCCCC(=O)OC1C(OCC(NC(=O)C(O)CCCCCCCCCCCCCCCC)C(O)/C=C/CCCCCCCCCCCCC)OC(CO)C(O)C1O. The van der Waals surface area contributed by atoms with Gasteiger partial charge in [-0.2, -0.15) is 0 Å². The molecule has 11 heteroatoms. The second kappa shape index (κ2) is 59.4. The first-order valence-electron chi connectivity index (χ1n) is 34.7. The van der Waals surface area contributed by atoms with Crippen LogP contribution >= 0.6 is 0 Å². The van der Waals surface area contributed by atoms with Gasteiger partial charge in [0.15, 0.2) is 12.4 Å². The van der Waals surface area contributed by atoms with Crippen molar-refractivity contribution in [1.29, 1.82) is 0 Å². The number of ether oxygens (including phenoxy) is 3. The van der Waals surface area contributed by atoms with E-state index in [4.69, 9.17) is 14.2 Å². The molecule has 0 aromatic carbocycles. The van der Waals surface area contributed by atoms with Crippen LogP contribution in [-0.4, -0.2) is 99.6 Å². The van der Waals surface area contributed by atoms with Crippen molar-refractivity contribution < 1.29 is 49.3 Å². The second-order valence-electron chi connectivity index (χ2n) is 23.9. The maximum Gasteiger partial charge on any atom is 0.306 e. The lowest BCUT2D eigenvalue weighted by atomic mass is 9.99. The molecule has 0 bridgehead atoms. The zero-order valence-electron chi connectivity index (χ0n) is 53.6. The summed E-state index contributed by atoms with van der Waals surface area (Å²) in [5, 5.41) is 57.2. The van der Waals surface area contributed by atoms with Crippen LogP contribution in [0.1, 0.15) is 310 Å². The molecule has 1 aliphatic heterocycles. The topological polar surface area (TPSA) is 175 Å². The van der Waals surface area contributed by atoms with Crippen molar-refractivity contribution in [3.8, 4) is 0 Å². The van der Waals surface area contributed by atoms with E-state index in [9.17, 15) is 35.1 Å². The number of hydrogen-bond acceptors (Lipinski definition) is 10. The minimum atomic E-state index is -1.62. The van der Waals surface area contributed by atoms with Gasteiger partial charge in [-0.25, -0.2) is 0 Å². The Morgan fingerprint density at radius 1 is 0.482 bits per heavy atom. The van der Waals surface area contributed by atoms with Gasteiger partial charge in [0, 0.05) is 6.42 Å². The number of esters is 1. The van der Waals surface area contributed by atoms with Gasteiger partial charge in [0.05, 0.1) is 25.4 Å². The summed E-state index contributed by atoms with van der Waals surface area (Å²) in [4.78, 5) is 26.6. The summed E-state index contributed by atoms with van der Waals surface area (Å²) >= 11 is 0. The summed E-state index contributed by atoms with van der Waals surface area (Å²) in [6, 6.07) is -1.02. The minimum absolute atomic E-state index is 0.119. The van der Waals surface area contributed by atoms with Crippen molar-refractivity contribution in [1.82, 2.24) is 5.32 Å². The van der Waals surface area contributed by atoms with Crippen molar-refractivity contribution in [2.45, 2.75) is 359 Å². The summed E-state index contributed by atoms with van der Waals surface area (Å²) in [6.07, 6.45) is 66.5. The molecule has 6 N–H and O–H groups in total. The van der Waals surface area contributed by atoms with Gasteiger partial charge in [-0.15, -0.1) is 0 Å². The third kappa shape index (κ3) is 46.9. The van der Waals surface area contributed by atoms with Crippen LogP contribution in [-0.2, 0) is 23.8 Å². The number of rotatable bonds is 59. The Kier molecular flexibility index (Phi) is 55.9. The molecular weight excluding hydrogens is 1040 g/mol. The molecule has 0 saturated carbocycles. The zero-order valence-corrected chi connectivity index (χ0v) is 53.6. The van der Waals surface area contributed by atoms with E-state index in [0.717, 1.165) is 96.3 Å². The number of carbonyl (C=O) groups excluding carboxylic acids is 2. The maximum absolute atomic E-state index is 13.4. The van der Waals surface area contributed by atoms with E-state index in [1.54, 1.807) is 6.08 Å². The van der Waals surface area contributed by atoms with Crippen LogP contribution < -0.4 is 5.32 Å². The molecule has 0 aromatic rings. The number of nitrogens with one attached hydrogen (secondary N) is 1. The van der Waals surface area contributed by atoms with Gasteiger partial charge >= 0.3 is 5.97 Å². The summed E-state index contributed by atoms with van der Waals surface area (Å²) in [6.45, 7) is 5.70. The number of aliphatic hydroxyl groups is 5. The molecular formula is C72H129NO10. The van der Waals surface area contributed by atoms with Gasteiger partial charge in [0.2, 0.25) is 5.91 Å². The normalized spacial score (nSPS) is 19.0. The first kappa shape index (κ1) is 78.1. The van der Waals surface area contributed by atoms with E-state index < -0.39 is 67.4 Å². The van der Waals surface area contributed by atoms with E-state index in [1.807, 2.05) is 6.08 Å². The lowest BCUT2D eigenvalue weighted by Crippen LogP contribution is -2.61. The van der Waals surface area contributed by atoms with E-state index in [2.05, 4.69) is 86.8 Å². The Morgan fingerprint density at radius 3 is 1.30 bits per heavy atom. The highest BCUT2D eigenvalue weighted by atomic mass is 16.7. The van der Waals surface area contributed by atoms with Crippen LogP contribution in [0, 0.1) is 0 Å². The maximum atomic E-state index is 13.4. The number of aliphatic hydroxyl groups excluding tert-OH is 5. The fourth-order valence-corrected chi connectivity index (χ4v) is 10.7. The van der Waals surface area contributed by atoms with Crippen LogP contribution in [0.5, 0.6) is 0 Å². The molecule has 1 fully saturated rings. The predicted octanol–water partition coefficient (Wildman–Crippen LogP) is 17.5. The monoisotopic (exact) mass is 1170 g/mol. The smallest absolute Gasteiger partial charge is 0.306 e. The molecule has 8 atom stereocenters. The largest absolute Gasteiger partial charge is 0.454 e. The predicted molar refractivity (Wildman–Crippen MR) is 347 cm³/mol. The molecule has 1 heterocycles. The lowest BCUT2D eigenvalue weighted by molar-refractivity contribution is -0.305. The van der Waals surface area contributed by atoms with Gasteiger partial charge < -0.3 is 45.1 Å². The van der Waals surface area contributed by atoms with Gasteiger partial charge in [0.25, 0.3) is 0 Å². The van der Waals surface area contributed by atoms with Gasteiger partial charge in [-0.1, -0.05) is 306 Å². The number of amides is 1. The fourth-order valence-electron chi connectivity index (χ4n) is 10.7. The van der Waals surface area contributed by atoms with Crippen LogP contribution in [0.2, 0.25) is 0 Å². The Morgan fingerprint density at radius 2 is 0.867 bits per heavy atom. The zero-order chi connectivity index (χ0) is 60.3. The van der Waals surface area contributed by atoms with Crippen LogP contribution in [0.4, 0.5) is 0 Å². The molecule has 8 unspecified atom stereocenters.